The molecule has 4 bridgehead atoms. The number of Topliss-reactive ketones (excluding diaryl/α,β-unsaturated/α-hetero) is 1. The normalized spacial score (nSPS) is 37.0. The lowest BCUT2D eigenvalue weighted by Gasteiger charge is -2.56. The van der Waals surface area contributed by atoms with Crippen molar-refractivity contribution in [3.05, 3.63) is 34.6 Å². The van der Waals surface area contributed by atoms with Gasteiger partial charge in [-0.3, -0.25) is 4.79 Å². The highest BCUT2D eigenvalue weighted by Crippen LogP contribution is 2.60. The quantitative estimate of drug-likeness (QED) is 0.783. The summed E-state index contributed by atoms with van der Waals surface area (Å²) in [5.74, 6) is 2.05. The topological polar surface area (TPSA) is 17.1 Å². The number of carbonyl (C=O) groups excluding carboxylic acids is 1. The maximum atomic E-state index is 14.0. The molecule has 0 heterocycles. The van der Waals surface area contributed by atoms with Crippen molar-refractivity contribution in [2.45, 2.75) is 44.9 Å². The van der Waals surface area contributed by atoms with Crippen molar-refractivity contribution in [3.63, 3.8) is 0 Å². The first-order valence-electron chi connectivity index (χ1n) is 8.02. The van der Waals surface area contributed by atoms with E-state index in [2.05, 4.69) is 0 Å². The number of hydrogen-bond acceptors (Lipinski definition) is 1. The smallest absolute Gasteiger partial charge is 0.145 e. The van der Waals surface area contributed by atoms with E-state index in [1.54, 1.807) is 12.1 Å². The van der Waals surface area contributed by atoms with Gasteiger partial charge in [0.25, 0.3) is 0 Å². The van der Waals surface area contributed by atoms with Crippen molar-refractivity contribution >= 4 is 17.4 Å². The number of hydrogen-bond donors (Lipinski definition) is 0. The van der Waals surface area contributed by atoms with E-state index in [9.17, 15) is 9.18 Å². The Hall–Kier alpha value is -0.890. The summed E-state index contributed by atoms with van der Waals surface area (Å²) in [5.41, 5.74) is 0.312. The zero-order valence-electron chi connectivity index (χ0n) is 12.1. The summed E-state index contributed by atoms with van der Waals surface area (Å²) < 4.78 is 14.0. The fourth-order valence-electron chi connectivity index (χ4n) is 5.50. The van der Waals surface area contributed by atoms with Crippen LogP contribution in [-0.2, 0) is 11.2 Å². The van der Waals surface area contributed by atoms with Crippen molar-refractivity contribution in [2.75, 3.05) is 0 Å². The third-order valence-electron chi connectivity index (χ3n) is 6.01. The molecule has 0 saturated heterocycles. The van der Waals surface area contributed by atoms with Crippen LogP contribution in [0, 0.1) is 29.0 Å². The SMILES string of the molecule is O=C(Cc1cccc(Cl)c1F)C12CC3CC(CC(C3)C1)C2. The van der Waals surface area contributed by atoms with Crippen LogP contribution in [0.15, 0.2) is 18.2 Å². The first-order chi connectivity index (χ1) is 10.1. The van der Waals surface area contributed by atoms with E-state index in [0.717, 1.165) is 37.0 Å². The second-order valence-electron chi connectivity index (χ2n) is 7.51. The van der Waals surface area contributed by atoms with Crippen LogP contribution in [0.2, 0.25) is 5.02 Å². The molecular weight excluding hydrogens is 287 g/mol. The lowest BCUT2D eigenvalue weighted by atomic mass is 9.48. The van der Waals surface area contributed by atoms with Crippen LogP contribution in [0.1, 0.15) is 44.1 Å². The van der Waals surface area contributed by atoms with Crippen LogP contribution in [0.5, 0.6) is 0 Å². The first kappa shape index (κ1) is 13.8. The van der Waals surface area contributed by atoms with E-state index >= 15 is 0 Å². The average molecular weight is 307 g/mol. The predicted octanol–water partition coefficient (Wildman–Crippen LogP) is 4.81. The van der Waals surface area contributed by atoms with Gasteiger partial charge in [-0.05, 0) is 67.9 Å². The zero-order chi connectivity index (χ0) is 14.6. The standard InChI is InChI=1S/C18H20ClFO/c19-15-3-1-2-14(17(15)20)7-16(21)18-8-11-4-12(9-18)6-13(5-11)10-18/h1-3,11-13H,4-10H2. The molecule has 0 atom stereocenters. The van der Waals surface area contributed by atoms with Crippen LogP contribution in [0.25, 0.3) is 0 Å². The van der Waals surface area contributed by atoms with E-state index in [-0.39, 0.29) is 22.6 Å². The zero-order valence-corrected chi connectivity index (χ0v) is 12.8. The van der Waals surface area contributed by atoms with Gasteiger partial charge in [0.2, 0.25) is 0 Å². The molecule has 21 heavy (non-hydrogen) atoms. The van der Waals surface area contributed by atoms with Crippen LogP contribution < -0.4 is 0 Å². The third kappa shape index (κ3) is 2.23. The highest BCUT2D eigenvalue weighted by atomic mass is 35.5. The minimum Gasteiger partial charge on any atom is -0.299 e. The van der Waals surface area contributed by atoms with Gasteiger partial charge in [-0.15, -0.1) is 0 Å². The van der Waals surface area contributed by atoms with E-state index in [1.165, 1.54) is 25.3 Å². The Labute approximate surface area is 129 Å². The highest BCUT2D eigenvalue weighted by molar-refractivity contribution is 6.30. The third-order valence-corrected chi connectivity index (χ3v) is 6.30. The summed E-state index contributed by atoms with van der Waals surface area (Å²) in [6, 6.07) is 4.96. The second-order valence-corrected chi connectivity index (χ2v) is 7.92. The van der Waals surface area contributed by atoms with Crippen LogP contribution in [0.3, 0.4) is 0 Å². The molecule has 4 fully saturated rings. The van der Waals surface area contributed by atoms with Crippen LogP contribution >= 0.6 is 11.6 Å². The van der Waals surface area contributed by atoms with Gasteiger partial charge in [0.1, 0.15) is 11.6 Å². The number of halogens is 2. The molecule has 1 nitrogen and oxygen atoms in total. The number of ketones is 1. The Bertz CT molecular complexity index is 560. The van der Waals surface area contributed by atoms with Crippen molar-refractivity contribution in [2.24, 2.45) is 23.2 Å². The maximum Gasteiger partial charge on any atom is 0.145 e. The monoisotopic (exact) mass is 306 g/mol. The Kier molecular flexibility index (Phi) is 3.15. The molecule has 0 amide bonds. The molecule has 0 N–H and O–H groups in total. The van der Waals surface area contributed by atoms with Gasteiger partial charge in [-0.2, -0.15) is 0 Å². The largest absolute Gasteiger partial charge is 0.299 e. The van der Waals surface area contributed by atoms with Gasteiger partial charge in [0.15, 0.2) is 0 Å². The van der Waals surface area contributed by atoms with Crippen molar-refractivity contribution in [1.82, 2.24) is 0 Å². The minimum absolute atomic E-state index is 0.116. The van der Waals surface area contributed by atoms with Gasteiger partial charge in [-0.1, -0.05) is 23.7 Å². The Morgan fingerprint density at radius 3 is 2.29 bits per heavy atom. The Morgan fingerprint density at radius 1 is 1.14 bits per heavy atom. The molecule has 4 saturated carbocycles. The van der Waals surface area contributed by atoms with Crippen molar-refractivity contribution < 1.29 is 9.18 Å². The number of rotatable bonds is 3. The summed E-state index contributed by atoms with van der Waals surface area (Å²) in [6.45, 7) is 0. The van der Waals surface area contributed by atoms with Gasteiger partial charge in [-0.25, -0.2) is 4.39 Å². The highest BCUT2D eigenvalue weighted by Gasteiger charge is 2.54. The fraction of sp³-hybridized carbons (Fsp3) is 0.611. The number of carbonyl (C=O) groups is 1. The molecular formula is C18H20ClFO. The van der Waals surface area contributed by atoms with E-state index in [0.29, 0.717) is 5.56 Å². The van der Waals surface area contributed by atoms with Gasteiger partial charge in [0, 0.05) is 11.8 Å². The molecule has 0 aromatic heterocycles. The molecule has 5 rings (SSSR count). The molecule has 112 valence electrons. The maximum absolute atomic E-state index is 14.0. The Balaban J connectivity index is 1.59. The van der Waals surface area contributed by atoms with Crippen molar-refractivity contribution in [3.8, 4) is 0 Å². The van der Waals surface area contributed by atoms with E-state index in [4.69, 9.17) is 11.6 Å². The Morgan fingerprint density at radius 2 is 1.71 bits per heavy atom. The van der Waals surface area contributed by atoms with Crippen LogP contribution in [0.4, 0.5) is 4.39 Å². The molecule has 0 radical (unpaired) electrons. The summed E-state index contributed by atoms with van der Waals surface area (Å²) in [4.78, 5) is 12.9. The minimum atomic E-state index is -0.419. The summed E-state index contributed by atoms with van der Waals surface area (Å²) in [7, 11) is 0. The summed E-state index contributed by atoms with van der Waals surface area (Å²) in [5, 5.41) is 0.116. The molecule has 4 aliphatic rings. The molecule has 3 heteroatoms. The second kappa shape index (κ2) is 4.81. The fourth-order valence-corrected chi connectivity index (χ4v) is 5.69. The summed E-state index contributed by atoms with van der Waals surface area (Å²) >= 11 is 5.83. The average Bonchev–Trinajstić information content (AvgIpc) is 2.42. The molecule has 1 aromatic carbocycles. The van der Waals surface area contributed by atoms with E-state index < -0.39 is 5.82 Å². The lowest BCUT2D eigenvalue weighted by molar-refractivity contribution is -0.143. The van der Waals surface area contributed by atoms with Gasteiger partial charge >= 0.3 is 0 Å². The molecule has 4 aliphatic carbocycles. The molecule has 1 aromatic rings. The molecule has 0 spiro atoms. The van der Waals surface area contributed by atoms with Crippen molar-refractivity contribution in [1.29, 1.82) is 0 Å². The summed E-state index contributed by atoms with van der Waals surface area (Å²) in [6.07, 6.45) is 7.28. The predicted molar refractivity (Wildman–Crippen MR) is 80.7 cm³/mol. The van der Waals surface area contributed by atoms with Crippen LogP contribution in [-0.4, -0.2) is 5.78 Å². The molecule has 0 unspecified atom stereocenters. The van der Waals surface area contributed by atoms with E-state index in [1.807, 2.05) is 0 Å². The van der Waals surface area contributed by atoms with Gasteiger partial charge in [0.05, 0.1) is 5.02 Å². The lowest BCUT2D eigenvalue weighted by Crippen LogP contribution is -2.50. The molecule has 0 aliphatic heterocycles. The number of benzene rings is 1. The first-order valence-corrected chi connectivity index (χ1v) is 8.40. The van der Waals surface area contributed by atoms with Gasteiger partial charge < -0.3 is 0 Å².